The lowest BCUT2D eigenvalue weighted by Gasteiger charge is -2.32. The van der Waals surface area contributed by atoms with Crippen LogP contribution >= 0.6 is 0 Å². The number of aromatic amines is 1. The van der Waals surface area contributed by atoms with E-state index in [1.54, 1.807) is 11.8 Å². The van der Waals surface area contributed by atoms with Crippen LogP contribution in [0.4, 0.5) is 0 Å². The smallest absolute Gasteiger partial charge is 0.254 e. The maximum Gasteiger partial charge on any atom is 0.254 e. The Morgan fingerprint density at radius 3 is 2.96 bits per heavy atom. The summed E-state index contributed by atoms with van der Waals surface area (Å²) in [6, 6.07) is 7.47. The summed E-state index contributed by atoms with van der Waals surface area (Å²) in [7, 11) is 0. The van der Waals surface area contributed by atoms with E-state index in [0.717, 1.165) is 18.4 Å². The number of hydrogen-bond donors (Lipinski definition) is 1. The molecule has 6 nitrogen and oxygen atoms in total. The average Bonchev–Trinajstić information content (AvgIpc) is 3.08. The number of ether oxygens (including phenoxy) is 1. The van der Waals surface area contributed by atoms with Gasteiger partial charge in [0, 0.05) is 23.9 Å². The van der Waals surface area contributed by atoms with Crippen LogP contribution in [-0.4, -0.2) is 40.5 Å². The maximum absolute atomic E-state index is 12.9. The Hall–Kier alpha value is -2.47. The predicted molar refractivity (Wildman–Crippen MR) is 92.7 cm³/mol. The van der Waals surface area contributed by atoms with Crippen LogP contribution in [0.1, 0.15) is 45.5 Å². The third-order valence-electron chi connectivity index (χ3n) is 4.89. The first-order valence-corrected chi connectivity index (χ1v) is 8.71. The zero-order chi connectivity index (χ0) is 17.4. The SMILES string of the molecule is Cc1cc(=O)[nH]c([C@H]2CN(C(=O)c3ccc4c(c3)CCC4)CCO2)n1. The normalized spacial score (nSPS) is 19.7. The Balaban J connectivity index is 1.54. The van der Waals surface area contributed by atoms with Crippen LogP contribution in [0.5, 0.6) is 0 Å². The van der Waals surface area contributed by atoms with Gasteiger partial charge in [0.05, 0.1) is 13.2 Å². The average molecular weight is 339 g/mol. The topological polar surface area (TPSA) is 75.3 Å². The van der Waals surface area contributed by atoms with Crippen LogP contribution in [0.15, 0.2) is 29.1 Å². The summed E-state index contributed by atoms with van der Waals surface area (Å²) in [5.41, 5.74) is 3.82. The molecule has 2 heterocycles. The van der Waals surface area contributed by atoms with Crippen molar-refractivity contribution in [3.63, 3.8) is 0 Å². The molecule has 6 heteroatoms. The van der Waals surface area contributed by atoms with E-state index in [1.807, 2.05) is 12.1 Å². The van der Waals surface area contributed by atoms with Crippen LogP contribution in [0.25, 0.3) is 0 Å². The summed E-state index contributed by atoms with van der Waals surface area (Å²) < 4.78 is 5.74. The van der Waals surface area contributed by atoms with E-state index >= 15 is 0 Å². The fraction of sp³-hybridized carbons (Fsp3) is 0.421. The van der Waals surface area contributed by atoms with E-state index in [-0.39, 0.29) is 11.5 Å². The van der Waals surface area contributed by atoms with Crippen molar-refractivity contribution in [3.05, 3.63) is 62.8 Å². The summed E-state index contributed by atoms with van der Waals surface area (Å²) in [6.45, 7) is 3.14. The molecule has 0 unspecified atom stereocenters. The molecule has 0 spiro atoms. The van der Waals surface area contributed by atoms with Crippen molar-refractivity contribution < 1.29 is 9.53 Å². The largest absolute Gasteiger partial charge is 0.367 e. The van der Waals surface area contributed by atoms with Crippen LogP contribution in [-0.2, 0) is 17.6 Å². The number of amides is 1. The first kappa shape index (κ1) is 16.0. The molecular weight excluding hydrogens is 318 g/mol. The van der Waals surface area contributed by atoms with Crippen LogP contribution in [0, 0.1) is 6.92 Å². The van der Waals surface area contributed by atoms with Gasteiger partial charge in [0.2, 0.25) is 0 Å². The number of nitrogens with zero attached hydrogens (tertiary/aromatic N) is 2. The molecule has 1 N–H and O–H groups in total. The van der Waals surface area contributed by atoms with Crippen molar-refractivity contribution in [2.75, 3.05) is 19.7 Å². The molecule has 1 saturated heterocycles. The first-order valence-electron chi connectivity index (χ1n) is 8.71. The summed E-state index contributed by atoms with van der Waals surface area (Å²) in [4.78, 5) is 33.4. The van der Waals surface area contributed by atoms with Crippen LogP contribution in [0.3, 0.4) is 0 Å². The van der Waals surface area contributed by atoms with Gasteiger partial charge in [-0.2, -0.15) is 0 Å². The lowest BCUT2D eigenvalue weighted by molar-refractivity contribution is -0.0269. The number of nitrogens with one attached hydrogen (secondary N) is 1. The zero-order valence-corrected chi connectivity index (χ0v) is 14.2. The number of hydrogen-bond acceptors (Lipinski definition) is 4. The highest BCUT2D eigenvalue weighted by molar-refractivity contribution is 5.94. The van der Waals surface area contributed by atoms with Crippen molar-refractivity contribution in [1.29, 1.82) is 0 Å². The molecule has 130 valence electrons. The number of carbonyl (C=O) groups is 1. The second-order valence-corrected chi connectivity index (χ2v) is 6.72. The van der Waals surface area contributed by atoms with Gasteiger partial charge in [-0.05, 0) is 49.4 Å². The summed E-state index contributed by atoms with van der Waals surface area (Å²) in [5.74, 6) is 0.495. The quantitative estimate of drug-likeness (QED) is 0.905. The molecule has 1 aliphatic carbocycles. The van der Waals surface area contributed by atoms with Crippen LogP contribution in [0.2, 0.25) is 0 Å². The molecule has 0 saturated carbocycles. The summed E-state index contributed by atoms with van der Waals surface area (Å²) >= 11 is 0. The van der Waals surface area contributed by atoms with Gasteiger partial charge in [-0.25, -0.2) is 4.98 Å². The Kier molecular flexibility index (Phi) is 4.13. The zero-order valence-electron chi connectivity index (χ0n) is 14.2. The fourth-order valence-corrected chi connectivity index (χ4v) is 3.64. The molecule has 1 aromatic heterocycles. The molecule has 1 amide bonds. The lowest BCUT2D eigenvalue weighted by atomic mass is 10.1. The van der Waals surface area contributed by atoms with Gasteiger partial charge in [-0.3, -0.25) is 9.59 Å². The first-order chi connectivity index (χ1) is 12.1. The second kappa shape index (κ2) is 6.44. The van der Waals surface area contributed by atoms with Gasteiger partial charge < -0.3 is 14.6 Å². The van der Waals surface area contributed by atoms with E-state index in [0.29, 0.717) is 31.2 Å². The molecule has 2 aromatic rings. The van der Waals surface area contributed by atoms with Crippen molar-refractivity contribution in [2.45, 2.75) is 32.3 Å². The molecule has 2 aliphatic rings. The molecule has 0 radical (unpaired) electrons. The highest BCUT2D eigenvalue weighted by Gasteiger charge is 2.28. The maximum atomic E-state index is 12.9. The number of carbonyl (C=O) groups excluding carboxylic acids is 1. The van der Waals surface area contributed by atoms with Gasteiger partial charge in [0.15, 0.2) is 0 Å². The number of aryl methyl sites for hydroxylation is 3. The Morgan fingerprint density at radius 1 is 1.28 bits per heavy atom. The monoisotopic (exact) mass is 339 g/mol. The minimum absolute atomic E-state index is 0.0120. The van der Waals surface area contributed by atoms with E-state index in [9.17, 15) is 9.59 Å². The Labute approximate surface area is 145 Å². The predicted octanol–water partition coefficient (Wildman–Crippen LogP) is 1.78. The Morgan fingerprint density at radius 2 is 2.12 bits per heavy atom. The van der Waals surface area contributed by atoms with Gasteiger partial charge >= 0.3 is 0 Å². The summed E-state index contributed by atoms with van der Waals surface area (Å²) in [5, 5.41) is 0. The highest BCUT2D eigenvalue weighted by atomic mass is 16.5. The van der Waals surface area contributed by atoms with E-state index in [2.05, 4.69) is 16.0 Å². The van der Waals surface area contributed by atoms with Crippen molar-refractivity contribution >= 4 is 5.91 Å². The van der Waals surface area contributed by atoms with E-state index in [1.165, 1.54) is 23.6 Å². The fourth-order valence-electron chi connectivity index (χ4n) is 3.64. The Bertz CT molecular complexity index is 874. The number of rotatable bonds is 2. The van der Waals surface area contributed by atoms with Crippen molar-refractivity contribution in [3.8, 4) is 0 Å². The summed E-state index contributed by atoms with van der Waals surface area (Å²) in [6.07, 6.45) is 2.92. The minimum atomic E-state index is -0.403. The molecule has 4 rings (SSSR count). The van der Waals surface area contributed by atoms with Gasteiger partial charge in [0.25, 0.3) is 11.5 Å². The van der Waals surface area contributed by atoms with E-state index in [4.69, 9.17) is 4.74 Å². The molecule has 1 atom stereocenters. The van der Waals surface area contributed by atoms with Gasteiger partial charge in [-0.1, -0.05) is 6.07 Å². The number of aromatic nitrogens is 2. The van der Waals surface area contributed by atoms with Crippen molar-refractivity contribution in [1.82, 2.24) is 14.9 Å². The standard InChI is InChI=1S/C19H21N3O3/c1-12-9-17(23)21-18(20-12)16-11-22(7-8-25-16)19(24)15-6-5-13-3-2-4-14(13)10-15/h5-6,9-10,16H,2-4,7-8,11H2,1H3,(H,20,21,23)/t16-/m1/s1. The molecule has 0 bridgehead atoms. The minimum Gasteiger partial charge on any atom is -0.367 e. The molecule has 1 aliphatic heterocycles. The number of fused-ring (bicyclic) bond motifs is 1. The lowest BCUT2D eigenvalue weighted by Crippen LogP contribution is -2.43. The molecule has 1 fully saturated rings. The second-order valence-electron chi connectivity index (χ2n) is 6.72. The number of benzene rings is 1. The van der Waals surface area contributed by atoms with Crippen molar-refractivity contribution in [2.24, 2.45) is 0 Å². The third-order valence-corrected chi connectivity index (χ3v) is 4.89. The molecule has 1 aromatic carbocycles. The number of H-pyrrole nitrogens is 1. The van der Waals surface area contributed by atoms with Gasteiger partial charge in [-0.15, -0.1) is 0 Å². The molecule has 25 heavy (non-hydrogen) atoms. The van der Waals surface area contributed by atoms with Gasteiger partial charge in [0.1, 0.15) is 11.9 Å². The van der Waals surface area contributed by atoms with E-state index < -0.39 is 6.10 Å². The third kappa shape index (κ3) is 3.22. The highest BCUT2D eigenvalue weighted by Crippen LogP contribution is 2.25. The molecular formula is C19H21N3O3. The van der Waals surface area contributed by atoms with Crippen LogP contribution < -0.4 is 5.56 Å². The number of morpholine rings is 1.